The lowest BCUT2D eigenvalue weighted by molar-refractivity contribution is -0.116. The molecule has 0 saturated carbocycles. The van der Waals surface area contributed by atoms with E-state index in [4.69, 9.17) is 0 Å². The molecule has 4 nitrogen and oxygen atoms in total. The summed E-state index contributed by atoms with van der Waals surface area (Å²) in [5.74, 6) is -0.0367. The van der Waals surface area contributed by atoms with Gasteiger partial charge in [-0.05, 0) is 31.1 Å². The Kier molecular flexibility index (Phi) is 2.55. The highest BCUT2D eigenvalue weighted by atomic mass is 16.2. The van der Waals surface area contributed by atoms with Crippen molar-refractivity contribution in [3.8, 4) is 0 Å². The fraction of sp³-hybridized carbons (Fsp3) is 0.294. The van der Waals surface area contributed by atoms with Crippen molar-refractivity contribution in [2.45, 2.75) is 18.9 Å². The van der Waals surface area contributed by atoms with Crippen LogP contribution in [0.1, 0.15) is 18.4 Å². The first-order valence-electron chi connectivity index (χ1n) is 7.30. The van der Waals surface area contributed by atoms with E-state index in [9.17, 15) is 9.59 Å². The molecule has 4 rings (SSSR count). The molecule has 0 radical (unpaired) electrons. The Morgan fingerprint density at radius 3 is 2.90 bits per heavy atom. The van der Waals surface area contributed by atoms with Gasteiger partial charge in [0.1, 0.15) is 0 Å². The molecule has 1 fully saturated rings. The standard InChI is InChI=1S/C17H16N2O2/c1-2-8-19-14-6-3-5-13-16(14)11(17(19)21)10-15(20)12-7-4-9-18(12)13/h2-3,5-6,10,12H,1,4,7-9H2. The summed E-state index contributed by atoms with van der Waals surface area (Å²) in [6, 6.07) is 5.83. The van der Waals surface area contributed by atoms with Crippen LogP contribution in [0.3, 0.4) is 0 Å². The largest absolute Gasteiger partial charge is 0.361 e. The minimum Gasteiger partial charge on any atom is -0.361 e. The van der Waals surface area contributed by atoms with E-state index in [0.29, 0.717) is 12.1 Å². The summed E-state index contributed by atoms with van der Waals surface area (Å²) in [6.45, 7) is 5.06. The molecule has 1 saturated heterocycles. The van der Waals surface area contributed by atoms with Crippen molar-refractivity contribution >= 4 is 28.6 Å². The van der Waals surface area contributed by atoms with E-state index in [2.05, 4.69) is 11.5 Å². The van der Waals surface area contributed by atoms with E-state index in [1.807, 2.05) is 18.2 Å². The van der Waals surface area contributed by atoms with Crippen molar-refractivity contribution < 1.29 is 9.59 Å². The highest BCUT2D eigenvalue weighted by Crippen LogP contribution is 2.46. The number of hydrogen-bond donors (Lipinski definition) is 0. The molecule has 3 heterocycles. The van der Waals surface area contributed by atoms with Gasteiger partial charge in [-0.25, -0.2) is 0 Å². The summed E-state index contributed by atoms with van der Waals surface area (Å²) in [6.07, 6.45) is 5.16. The van der Waals surface area contributed by atoms with Gasteiger partial charge in [0.25, 0.3) is 5.91 Å². The maximum absolute atomic E-state index is 12.6. The maximum Gasteiger partial charge on any atom is 0.259 e. The van der Waals surface area contributed by atoms with E-state index in [0.717, 1.165) is 36.3 Å². The Morgan fingerprint density at radius 1 is 1.29 bits per heavy atom. The van der Waals surface area contributed by atoms with Crippen LogP contribution in [0.5, 0.6) is 0 Å². The lowest BCUT2D eigenvalue weighted by atomic mass is 10.0. The monoisotopic (exact) mass is 280 g/mol. The van der Waals surface area contributed by atoms with Gasteiger partial charge in [-0.3, -0.25) is 9.59 Å². The number of benzene rings is 1. The van der Waals surface area contributed by atoms with E-state index in [1.165, 1.54) is 0 Å². The summed E-state index contributed by atoms with van der Waals surface area (Å²) < 4.78 is 0. The average Bonchev–Trinajstić information content (AvgIpc) is 3.03. The Hall–Kier alpha value is -2.36. The molecule has 21 heavy (non-hydrogen) atoms. The predicted octanol–water partition coefficient (Wildman–Crippen LogP) is 2.15. The molecular formula is C17H16N2O2. The van der Waals surface area contributed by atoms with Crippen molar-refractivity contribution in [1.82, 2.24) is 0 Å². The van der Waals surface area contributed by atoms with Crippen molar-refractivity contribution in [3.63, 3.8) is 0 Å². The fourth-order valence-corrected chi connectivity index (χ4v) is 3.66. The van der Waals surface area contributed by atoms with E-state index >= 15 is 0 Å². The highest BCUT2D eigenvalue weighted by Gasteiger charge is 2.41. The molecule has 1 aromatic rings. The molecule has 106 valence electrons. The summed E-state index contributed by atoms with van der Waals surface area (Å²) in [7, 11) is 0. The summed E-state index contributed by atoms with van der Waals surface area (Å²) in [5, 5.41) is 0. The summed E-state index contributed by atoms with van der Waals surface area (Å²) in [4.78, 5) is 28.9. The zero-order valence-electron chi connectivity index (χ0n) is 11.7. The zero-order chi connectivity index (χ0) is 14.6. The summed E-state index contributed by atoms with van der Waals surface area (Å²) >= 11 is 0. The third-order valence-corrected chi connectivity index (χ3v) is 4.55. The Labute approximate surface area is 123 Å². The molecule has 1 atom stereocenters. The van der Waals surface area contributed by atoms with Crippen LogP contribution in [0.25, 0.3) is 5.57 Å². The van der Waals surface area contributed by atoms with Gasteiger partial charge in [-0.2, -0.15) is 0 Å². The van der Waals surface area contributed by atoms with Crippen LogP contribution in [-0.4, -0.2) is 30.8 Å². The lowest BCUT2D eigenvalue weighted by Gasteiger charge is -2.25. The normalized spacial score (nSPS) is 22.9. The lowest BCUT2D eigenvalue weighted by Crippen LogP contribution is -2.35. The Balaban J connectivity index is 1.97. The van der Waals surface area contributed by atoms with Gasteiger partial charge in [-0.1, -0.05) is 12.1 Å². The van der Waals surface area contributed by atoms with Crippen molar-refractivity contribution in [2.24, 2.45) is 0 Å². The molecule has 0 aliphatic carbocycles. The Bertz CT molecular complexity index is 705. The second-order valence-corrected chi connectivity index (χ2v) is 5.69. The molecule has 3 aliphatic rings. The van der Waals surface area contributed by atoms with Crippen LogP contribution < -0.4 is 9.80 Å². The second kappa shape index (κ2) is 4.32. The summed E-state index contributed by atoms with van der Waals surface area (Å²) in [5.41, 5.74) is 3.37. The maximum atomic E-state index is 12.6. The topological polar surface area (TPSA) is 40.6 Å². The van der Waals surface area contributed by atoms with Crippen molar-refractivity contribution in [1.29, 1.82) is 0 Å². The number of nitrogens with zero attached hydrogens (tertiary/aromatic N) is 2. The molecule has 1 amide bonds. The smallest absolute Gasteiger partial charge is 0.259 e. The van der Waals surface area contributed by atoms with Crippen LogP contribution >= 0.6 is 0 Å². The van der Waals surface area contributed by atoms with Gasteiger partial charge >= 0.3 is 0 Å². The molecule has 0 spiro atoms. The number of carbonyl (C=O) groups is 2. The zero-order valence-corrected chi connectivity index (χ0v) is 11.7. The molecule has 1 aromatic carbocycles. The number of carbonyl (C=O) groups excluding carboxylic acids is 2. The molecule has 0 N–H and O–H groups in total. The quantitative estimate of drug-likeness (QED) is 0.779. The first kappa shape index (κ1) is 12.4. The molecule has 4 heteroatoms. The van der Waals surface area contributed by atoms with Gasteiger partial charge in [0.15, 0.2) is 5.78 Å². The number of anilines is 2. The van der Waals surface area contributed by atoms with Crippen LogP contribution in [0, 0.1) is 0 Å². The van der Waals surface area contributed by atoms with Crippen molar-refractivity contribution in [3.05, 3.63) is 42.5 Å². The molecule has 3 aliphatic heterocycles. The van der Waals surface area contributed by atoms with Crippen molar-refractivity contribution in [2.75, 3.05) is 22.9 Å². The third-order valence-electron chi connectivity index (χ3n) is 4.55. The van der Waals surface area contributed by atoms with Gasteiger partial charge in [0.2, 0.25) is 0 Å². The Morgan fingerprint density at radius 2 is 2.10 bits per heavy atom. The number of amides is 1. The SMILES string of the molecule is C=CCN1C(=O)C2=CC(=O)C3CCCN3c3cccc1c32. The first-order chi connectivity index (χ1) is 10.2. The second-order valence-electron chi connectivity index (χ2n) is 5.69. The first-order valence-corrected chi connectivity index (χ1v) is 7.30. The minimum absolute atomic E-state index is 0.0541. The molecule has 1 unspecified atom stereocenters. The number of fused-ring (bicyclic) bond motifs is 2. The van der Waals surface area contributed by atoms with Gasteiger partial charge in [0, 0.05) is 24.3 Å². The average molecular weight is 280 g/mol. The van der Waals surface area contributed by atoms with E-state index in [-0.39, 0.29) is 17.7 Å². The predicted molar refractivity (Wildman–Crippen MR) is 82.3 cm³/mol. The number of hydrogen-bond acceptors (Lipinski definition) is 3. The number of ketones is 1. The molecular weight excluding hydrogens is 264 g/mol. The fourth-order valence-electron chi connectivity index (χ4n) is 3.66. The molecule has 0 aromatic heterocycles. The van der Waals surface area contributed by atoms with Crippen LogP contribution in [0.2, 0.25) is 0 Å². The van der Waals surface area contributed by atoms with Crippen LogP contribution in [0.4, 0.5) is 11.4 Å². The van der Waals surface area contributed by atoms with E-state index in [1.54, 1.807) is 17.1 Å². The van der Waals surface area contributed by atoms with Gasteiger partial charge in [0.05, 0.1) is 17.3 Å². The van der Waals surface area contributed by atoms with Gasteiger partial charge in [-0.15, -0.1) is 6.58 Å². The molecule has 0 bridgehead atoms. The number of rotatable bonds is 2. The van der Waals surface area contributed by atoms with Crippen LogP contribution in [0.15, 0.2) is 36.9 Å². The minimum atomic E-state index is -0.102. The van der Waals surface area contributed by atoms with Crippen LogP contribution in [-0.2, 0) is 9.59 Å². The van der Waals surface area contributed by atoms with Gasteiger partial charge < -0.3 is 9.80 Å². The van der Waals surface area contributed by atoms with E-state index < -0.39 is 0 Å². The third kappa shape index (κ3) is 1.56. The highest BCUT2D eigenvalue weighted by molar-refractivity contribution is 6.37.